The van der Waals surface area contributed by atoms with Gasteiger partial charge in [0.25, 0.3) is 5.91 Å². The van der Waals surface area contributed by atoms with Crippen LogP contribution in [0.4, 0.5) is 18.9 Å². The van der Waals surface area contributed by atoms with Crippen molar-refractivity contribution < 1.29 is 22.7 Å². The lowest BCUT2D eigenvalue weighted by molar-refractivity contribution is -0.141. The lowest BCUT2D eigenvalue weighted by Gasteiger charge is -2.10. The molecule has 27 heavy (non-hydrogen) atoms. The topological polar surface area (TPSA) is 95.7 Å². The summed E-state index contributed by atoms with van der Waals surface area (Å²) in [5.74, 6) is -0.164. The van der Waals surface area contributed by atoms with E-state index in [-0.39, 0.29) is 28.5 Å². The first-order valence-corrected chi connectivity index (χ1v) is 8.02. The number of carbonyl (C=O) groups excluding carboxylic acids is 1. The highest BCUT2D eigenvalue weighted by Gasteiger charge is 2.36. The minimum atomic E-state index is -4.58. The molecule has 0 atom stereocenters. The Morgan fingerprint density at radius 1 is 1.30 bits per heavy atom. The standard InChI is InChI=1S/C17H16F3N5O2/c1-3-27-12-7-5-4-6-10(12)16(26)23-11-8-21-25-13(11)15-22-9(2)14(24-15)17(18,19)20/h4-8H,3H2,1-2H3,(H,21,25)(H,22,24)(H,23,26). The molecule has 0 aliphatic heterocycles. The Bertz CT molecular complexity index is 962. The van der Waals surface area contributed by atoms with Crippen LogP contribution in [-0.4, -0.2) is 32.7 Å². The molecule has 7 nitrogen and oxygen atoms in total. The molecule has 0 aliphatic rings. The number of aromatic amines is 2. The number of anilines is 1. The Hall–Kier alpha value is -3.30. The van der Waals surface area contributed by atoms with Crippen molar-refractivity contribution in [2.24, 2.45) is 0 Å². The molecule has 2 heterocycles. The molecule has 1 amide bonds. The molecule has 0 fully saturated rings. The van der Waals surface area contributed by atoms with Gasteiger partial charge in [-0.05, 0) is 26.0 Å². The number of ether oxygens (including phenoxy) is 1. The number of aryl methyl sites for hydroxylation is 1. The summed E-state index contributed by atoms with van der Waals surface area (Å²) in [7, 11) is 0. The van der Waals surface area contributed by atoms with Gasteiger partial charge in [-0.1, -0.05) is 12.1 Å². The number of alkyl halides is 3. The number of para-hydroxylation sites is 1. The second-order valence-corrected chi connectivity index (χ2v) is 5.60. The molecule has 0 bridgehead atoms. The van der Waals surface area contributed by atoms with E-state index in [1.165, 1.54) is 13.1 Å². The van der Waals surface area contributed by atoms with Crippen molar-refractivity contribution in [3.05, 3.63) is 47.4 Å². The number of imidazole rings is 1. The smallest absolute Gasteiger partial charge is 0.435 e. The summed E-state index contributed by atoms with van der Waals surface area (Å²) in [5, 5.41) is 8.96. The number of nitrogens with zero attached hydrogens (tertiary/aromatic N) is 2. The van der Waals surface area contributed by atoms with Crippen LogP contribution in [0.15, 0.2) is 30.5 Å². The van der Waals surface area contributed by atoms with Gasteiger partial charge in [-0.3, -0.25) is 9.89 Å². The Labute approximate surface area is 152 Å². The van der Waals surface area contributed by atoms with E-state index in [2.05, 4.69) is 25.5 Å². The van der Waals surface area contributed by atoms with Crippen molar-refractivity contribution >= 4 is 11.6 Å². The zero-order chi connectivity index (χ0) is 19.6. The SMILES string of the molecule is CCOc1ccccc1C(=O)Nc1cn[nH]c1-c1nc(C(F)(F)F)c(C)[nH]1. The highest BCUT2D eigenvalue weighted by molar-refractivity contribution is 6.07. The largest absolute Gasteiger partial charge is 0.493 e. The van der Waals surface area contributed by atoms with Crippen molar-refractivity contribution in [2.45, 2.75) is 20.0 Å². The summed E-state index contributed by atoms with van der Waals surface area (Å²) in [5.41, 5.74) is -0.542. The fourth-order valence-corrected chi connectivity index (χ4v) is 2.54. The van der Waals surface area contributed by atoms with Gasteiger partial charge >= 0.3 is 6.18 Å². The average Bonchev–Trinajstić information content (AvgIpc) is 3.21. The van der Waals surface area contributed by atoms with Gasteiger partial charge in [0.2, 0.25) is 0 Å². The summed E-state index contributed by atoms with van der Waals surface area (Å²) in [4.78, 5) is 18.7. The van der Waals surface area contributed by atoms with Gasteiger partial charge < -0.3 is 15.0 Å². The van der Waals surface area contributed by atoms with Gasteiger partial charge in [0, 0.05) is 5.69 Å². The molecule has 3 rings (SSSR count). The third-order valence-corrected chi connectivity index (χ3v) is 3.71. The van der Waals surface area contributed by atoms with Crippen LogP contribution < -0.4 is 10.1 Å². The predicted octanol–water partition coefficient (Wildman–Crippen LogP) is 3.78. The summed E-state index contributed by atoms with van der Waals surface area (Å²) >= 11 is 0. The number of carbonyl (C=O) groups is 1. The first kappa shape index (κ1) is 18.5. The molecule has 3 aromatic rings. The molecule has 2 aromatic heterocycles. The average molecular weight is 379 g/mol. The van der Waals surface area contributed by atoms with E-state index < -0.39 is 17.8 Å². The molecule has 0 unspecified atom stereocenters. The van der Waals surface area contributed by atoms with Gasteiger partial charge in [0.15, 0.2) is 11.5 Å². The fourth-order valence-electron chi connectivity index (χ4n) is 2.54. The fraction of sp³-hybridized carbons (Fsp3) is 0.235. The minimum Gasteiger partial charge on any atom is -0.493 e. The third kappa shape index (κ3) is 3.78. The second-order valence-electron chi connectivity index (χ2n) is 5.60. The van der Waals surface area contributed by atoms with E-state index >= 15 is 0 Å². The number of amides is 1. The van der Waals surface area contributed by atoms with Gasteiger partial charge in [0.05, 0.1) is 24.1 Å². The molecular formula is C17H16F3N5O2. The summed E-state index contributed by atoms with van der Waals surface area (Å²) in [6.07, 6.45) is -3.29. The molecule has 10 heteroatoms. The van der Waals surface area contributed by atoms with Crippen LogP contribution in [0.1, 0.15) is 28.7 Å². The monoisotopic (exact) mass is 379 g/mol. The van der Waals surface area contributed by atoms with Gasteiger partial charge in [-0.25, -0.2) is 4.98 Å². The van der Waals surface area contributed by atoms with Crippen molar-refractivity contribution in [2.75, 3.05) is 11.9 Å². The number of aromatic nitrogens is 4. The maximum Gasteiger partial charge on any atom is 0.435 e. The lowest BCUT2D eigenvalue weighted by atomic mass is 10.2. The lowest BCUT2D eigenvalue weighted by Crippen LogP contribution is -2.14. The predicted molar refractivity (Wildman–Crippen MR) is 91.5 cm³/mol. The Morgan fingerprint density at radius 3 is 2.70 bits per heavy atom. The quantitative estimate of drug-likeness (QED) is 0.629. The Morgan fingerprint density at radius 2 is 2.04 bits per heavy atom. The van der Waals surface area contributed by atoms with E-state index in [0.717, 1.165) is 0 Å². The van der Waals surface area contributed by atoms with E-state index in [9.17, 15) is 18.0 Å². The first-order valence-electron chi connectivity index (χ1n) is 8.02. The van der Waals surface area contributed by atoms with Crippen LogP contribution in [0, 0.1) is 6.92 Å². The summed E-state index contributed by atoms with van der Waals surface area (Å²) in [6.45, 7) is 3.44. The van der Waals surface area contributed by atoms with Crippen LogP contribution in [0.2, 0.25) is 0 Å². The number of nitrogens with one attached hydrogen (secondary N) is 3. The zero-order valence-electron chi connectivity index (χ0n) is 14.4. The van der Waals surface area contributed by atoms with Crippen LogP contribution in [0.3, 0.4) is 0 Å². The summed E-state index contributed by atoms with van der Waals surface area (Å²) < 4.78 is 44.3. The summed E-state index contributed by atoms with van der Waals surface area (Å²) in [6, 6.07) is 6.65. The van der Waals surface area contributed by atoms with Crippen molar-refractivity contribution in [3.8, 4) is 17.3 Å². The van der Waals surface area contributed by atoms with Crippen molar-refractivity contribution in [3.63, 3.8) is 0 Å². The highest BCUT2D eigenvalue weighted by Crippen LogP contribution is 2.33. The van der Waals surface area contributed by atoms with E-state index in [0.29, 0.717) is 12.4 Å². The number of hydrogen-bond donors (Lipinski definition) is 3. The zero-order valence-corrected chi connectivity index (χ0v) is 14.4. The Kier molecular flexibility index (Phi) is 4.89. The molecule has 0 radical (unpaired) electrons. The molecular weight excluding hydrogens is 363 g/mol. The van der Waals surface area contributed by atoms with Gasteiger partial charge in [0.1, 0.15) is 11.4 Å². The molecule has 142 valence electrons. The van der Waals surface area contributed by atoms with Crippen LogP contribution in [-0.2, 0) is 6.18 Å². The normalized spacial score (nSPS) is 11.4. The van der Waals surface area contributed by atoms with E-state index in [1.807, 2.05) is 0 Å². The van der Waals surface area contributed by atoms with Gasteiger partial charge in [-0.2, -0.15) is 18.3 Å². The molecule has 0 saturated heterocycles. The molecule has 1 aromatic carbocycles. The highest BCUT2D eigenvalue weighted by atomic mass is 19.4. The number of hydrogen-bond acceptors (Lipinski definition) is 4. The number of halogens is 3. The van der Waals surface area contributed by atoms with E-state index in [1.54, 1.807) is 31.2 Å². The second kappa shape index (κ2) is 7.14. The molecule has 0 spiro atoms. The molecule has 0 aliphatic carbocycles. The first-order chi connectivity index (χ1) is 12.8. The number of H-pyrrole nitrogens is 2. The van der Waals surface area contributed by atoms with Crippen molar-refractivity contribution in [1.82, 2.24) is 20.2 Å². The van der Waals surface area contributed by atoms with Crippen molar-refractivity contribution in [1.29, 1.82) is 0 Å². The number of benzene rings is 1. The van der Waals surface area contributed by atoms with Crippen LogP contribution >= 0.6 is 0 Å². The molecule has 3 N–H and O–H groups in total. The Balaban J connectivity index is 1.90. The van der Waals surface area contributed by atoms with E-state index in [4.69, 9.17) is 4.74 Å². The number of rotatable bonds is 5. The van der Waals surface area contributed by atoms with Crippen LogP contribution in [0.25, 0.3) is 11.5 Å². The molecule has 0 saturated carbocycles. The minimum absolute atomic E-state index is 0.0780. The maximum atomic E-state index is 13.0. The third-order valence-electron chi connectivity index (χ3n) is 3.71. The van der Waals surface area contributed by atoms with Crippen LogP contribution in [0.5, 0.6) is 5.75 Å². The van der Waals surface area contributed by atoms with Gasteiger partial charge in [-0.15, -0.1) is 0 Å². The maximum absolute atomic E-state index is 13.0.